The number of hydrogen-bond acceptors (Lipinski definition) is 4. The van der Waals surface area contributed by atoms with Crippen molar-refractivity contribution in [1.82, 2.24) is 0 Å². The summed E-state index contributed by atoms with van der Waals surface area (Å²) in [6.45, 7) is 1.86. The molecule has 1 atom stereocenters. The van der Waals surface area contributed by atoms with Gasteiger partial charge in [0, 0.05) is 18.9 Å². The van der Waals surface area contributed by atoms with Crippen LogP contribution in [-0.2, 0) is 9.84 Å². The molecule has 0 aromatic rings. The average molecular weight is 174 g/mol. The fourth-order valence-electron chi connectivity index (χ4n) is 0.749. The van der Waals surface area contributed by atoms with Gasteiger partial charge in [-0.1, -0.05) is 0 Å². The van der Waals surface area contributed by atoms with Crippen molar-refractivity contribution in [1.29, 1.82) is 0 Å². The van der Waals surface area contributed by atoms with Crippen molar-refractivity contribution >= 4 is 21.2 Å². The number of hydrogen-bond donors (Lipinski definition) is 0. The van der Waals surface area contributed by atoms with Gasteiger partial charge in [-0.3, -0.25) is 4.99 Å². The third-order valence-electron chi connectivity index (χ3n) is 1.31. The largest absolute Gasteiger partial charge is 0.253 e. The van der Waals surface area contributed by atoms with Crippen LogP contribution in [0.3, 0.4) is 0 Å². The smallest absolute Gasteiger partial charge is 0.242 e. The van der Waals surface area contributed by atoms with E-state index in [9.17, 15) is 8.42 Å². The highest BCUT2D eigenvalue weighted by Crippen LogP contribution is 2.05. The summed E-state index contributed by atoms with van der Waals surface area (Å²) in [5.74, 6) is 0. The van der Waals surface area contributed by atoms with Gasteiger partial charge in [0.1, 0.15) is 0 Å². The first-order valence-corrected chi connectivity index (χ1v) is 5.19. The van der Waals surface area contributed by atoms with Crippen LogP contribution in [0.15, 0.2) is 9.98 Å². The highest BCUT2D eigenvalue weighted by atomic mass is 32.2. The number of nitrogens with zero attached hydrogens (tertiary/aromatic N) is 2. The van der Waals surface area contributed by atoms with Crippen LogP contribution in [0.4, 0.5) is 0 Å². The summed E-state index contributed by atoms with van der Waals surface area (Å²) < 4.78 is 21.8. The minimum atomic E-state index is -3.21. The zero-order valence-electron chi connectivity index (χ0n) is 6.48. The second kappa shape index (κ2) is 2.73. The molecule has 0 saturated heterocycles. The Morgan fingerprint density at radius 3 is 2.64 bits per heavy atom. The zero-order chi connectivity index (χ0) is 8.48. The van der Waals surface area contributed by atoms with E-state index in [2.05, 4.69) is 9.98 Å². The molecule has 4 nitrogen and oxygen atoms in total. The van der Waals surface area contributed by atoms with E-state index < -0.39 is 9.84 Å². The predicted molar refractivity (Wildman–Crippen MR) is 44.8 cm³/mol. The van der Waals surface area contributed by atoms with Crippen molar-refractivity contribution in [3.63, 3.8) is 0 Å². The Morgan fingerprint density at radius 2 is 2.27 bits per heavy atom. The van der Waals surface area contributed by atoms with E-state index in [1.165, 1.54) is 0 Å². The van der Waals surface area contributed by atoms with E-state index in [0.29, 0.717) is 0 Å². The second-order valence-corrected chi connectivity index (χ2v) is 4.49. The molecule has 1 aliphatic rings. The summed E-state index contributed by atoms with van der Waals surface area (Å²) in [4.78, 5) is 7.57. The molecule has 0 saturated carbocycles. The lowest BCUT2D eigenvalue weighted by atomic mass is 10.2. The van der Waals surface area contributed by atoms with Crippen molar-refractivity contribution in [2.24, 2.45) is 9.98 Å². The monoisotopic (exact) mass is 174 g/mol. The number of amidine groups is 1. The molecule has 1 unspecified atom stereocenters. The highest BCUT2D eigenvalue weighted by Gasteiger charge is 2.15. The molecule has 1 aliphatic heterocycles. The van der Waals surface area contributed by atoms with Gasteiger partial charge in [0.15, 0.2) is 0 Å². The fourth-order valence-corrected chi connectivity index (χ4v) is 1.39. The molecule has 0 aliphatic carbocycles. The topological polar surface area (TPSA) is 58.9 Å². The van der Waals surface area contributed by atoms with Gasteiger partial charge < -0.3 is 0 Å². The molecular weight excluding hydrogens is 164 g/mol. The Balaban J connectivity index is 2.98. The van der Waals surface area contributed by atoms with E-state index in [-0.39, 0.29) is 11.2 Å². The van der Waals surface area contributed by atoms with Crippen molar-refractivity contribution in [3.05, 3.63) is 0 Å². The van der Waals surface area contributed by atoms with Gasteiger partial charge in [-0.25, -0.2) is 13.4 Å². The minimum Gasteiger partial charge on any atom is -0.253 e. The lowest BCUT2D eigenvalue weighted by Crippen LogP contribution is -2.17. The van der Waals surface area contributed by atoms with Gasteiger partial charge in [-0.05, 0) is 6.92 Å². The first-order valence-electron chi connectivity index (χ1n) is 3.30. The molecule has 0 spiro atoms. The van der Waals surface area contributed by atoms with Crippen molar-refractivity contribution < 1.29 is 8.42 Å². The predicted octanol–water partition coefficient (Wildman–Crippen LogP) is 0.250. The number of sulfone groups is 1. The van der Waals surface area contributed by atoms with E-state index in [1.807, 2.05) is 6.92 Å². The maximum absolute atomic E-state index is 10.9. The Hall–Kier alpha value is -0.710. The quantitative estimate of drug-likeness (QED) is 0.528. The number of rotatable bonds is 0. The van der Waals surface area contributed by atoms with Crippen molar-refractivity contribution in [3.8, 4) is 0 Å². The van der Waals surface area contributed by atoms with Gasteiger partial charge in [-0.2, -0.15) is 0 Å². The molecule has 0 radical (unpaired) electrons. The Bertz CT molecular complexity index is 303. The SMILES string of the molecule is CC1CC=NC(S(C)(=O)=O)=N1. The molecular formula is C6H10N2O2S. The van der Waals surface area contributed by atoms with Crippen LogP contribution in [0.5, 0.6) is 0 Å². The Kier molecular flexibility index (Phi) is 2.08. The Labute approximate surface area is 66.0 Å². The lowest BCUT2D eigenvalue weighted by Gasteiger charge is -2.08. The van der Waals surface area contributed by atoms with Crippen LogP contribution < -0.4 is 0 Å². The van der Waals surface area contributed by atoms with Crippen LogP contribution in [-0.4, -0.2) is 32.1 Å². The molecule has 0 bridgehead atoms. The minimum absolute atomic E-state index is 0.0391. The van der Waals surface area contributed by atoms with Crippen molar-refractivity contribution in [2.75, 3.05) is 6.26 Å². The molecule has 1 heterocycles. The van der Waals surface area contributed by atoms with Gasteiger partial charge in [0.05, 0.1) is 6.04 Å². The zero-order valence-corrected chi connectivity index (χ0v) is 7.30. The summed E-state index contributed by atoms with van der Waals surface area (Å²) in [5.41, 5.74) is 0. The molecule has 0 amide bonds. The lowest BCUT2D eigenvalue weighted by molar-refractivity contribution is 0.611. The maximum Gasteiger partial charge on any atom is 0.242 e. The third-order valence-corrected chi connectivity index (χ3v) is 2.18. The molecule has 0 fully saturated rings. The Morgan fingerprint density at radius 1 is 1.64 bits per heavy atom. The van der Waals surface area contributed by atoms with Gasteiger partial charge in [0.25, 0.3) is 0 Å². The van der Waals surface area contributed by atoms with Crippen LogP contribution >= 0.6 is 0 Å². The van der Waals surface area contributed by atoms with E-state index >= 15 is 0 Å². The van der Waals surface area contributed by atoms with E-state index in [1.54, 1.807) is 6.21 Å². The normalized spacial score (nSPS) is 24.9. The van der Waals surface area contributed by atoms with Crippen LogP contribution in [0.25, 0.3) is 0 Å². The van der Waals surface area contributed by atoms with Crippen LogP contribution in [0.1, 0.15) is 13.3 Å². The first kappa shape index (κ1) is 8.39. The summed E-state index contributed by atoms with van der Waals surface area (Å²) >= 11 is 0. The second-order valence-electron chi connectivity index (χ2n) is 2.58. The van der Waals surface area contributed by atoms with Crippen LogP contribution in [0, 0.1) is 0 Å². The summed E-state index contributed by atoms with van der Waals surface area (Å²) in [6, 6.07) is 0.0391. The van der Waals surface area contributed by atoms with Crippen molar-refractivity contribution in [2.45, 2.75) is 19.4 Å². The first-order chi connectivity index (χ1) is 5.00. The van der Waals surface area contributed by atoms with Gasteiger partial charge in [-0.15, -0.1) is 0 Å². The fraction of sp³-hybridized carbons (Fsp3) is 0.667. The number of aliphatic imine (C=N–C) groups is 2. The molecule has 1 rings (SSSR count). The molecule has 5 heteroatoms. The third kappa shape index (κ3) is 2.11. The average Bonchev–Trinajstić information content (AvgIpc) is 1.86. The summed E-state index contributed by atoms with van der Waals surface area (Å²) in [6.07, 6.45) is 3.42. The molecule has 0 N–H and O–H groups in total. The molecule has 0 aromatic carbocycles. The van der Waals surface area contributed by atoms with E-state index in [4.69, 9.17) is 0 Å². The standard InChI is InChI=1S/C6H10N2O2S/c1-5-3-4-7-6(8-5)11(2,9)10/h4-5H,3H2,1-2H3. The molecule has 62 valence electrons. The summed E-state index contributed by atoms with van der Waals surface area (Å²) in [7, 11) is -3.21. The highest BCUT2D eigenvalue weighted by molar-refractivity contribution is 8.05. The summed E-state index contributed by atoms with van der Waals surface area (Å²) in [5, 5.41) is -0.0451. The molecule has 0 aromatic heterocycles. The maximum atomic E-state index is 10.9. The van der Waals surface area contributed by atoms with Crippen LogP contribution in [0.2, 0.25) is 0 Å². The van der Waals surface area contributed by atoms with E-state index in [0.717, 1.165) is 12.7 Å². The van der Waals surface area contributed by atoms with Gasteiger partial charge >= 0.3 is 0 Å². The van der Waals surface area contributed by atoms with Gasteiger partial charge in [0.2, 0.25) is 15.0 Å². The molecule has 11 heavy (non-hydrogen) atoms.